The number of fused-ring (bicyclic) bond motifs is 4. The van der Waals surface area contributed by atoms with Gasteiger partial charge in [-0.3, -0.25) is 4.98 Å². The molecule has 0 spiro atoms. The Hall–Kier alpha value is -2.53. The highest BCUT2D eigenvalue weighted by Crippen LogP contribution is 2.38. The predicted octanol–water partition coefficient (Wildman–Crippen LogP) is 4.86. The van der Waals surface area contributed by atoms with Crippen LogP contribution in [0.4, 0.5) is 11.5 Å². The van der Waals surface area contributed by atoms with Crippen LogP contribution in [-0.2, 0) is 12.8 Å². The number of hydrogen-bond acceptors (Lipinski definition) is 5. The van der Waals surface area contributed by atoms with Gasteiger partial charge in [0.05, 0.1) is 22.8 Å². The molecule has 1 aromatic carbocycles. The van der Waals surface area contributed by atoms with Crippen molar-refractivity contribution in [2.75, 3.05) is 5.32 Å². The first-order chi connectivity index (χ1) is 11.9. The number of thiophene rings is 1. The lowest BCUT2D eigenvalue weighted by Crippen LogP contribution is -2.01. The molecular weight excluding hydrogens is 316 g/mol. The Labute approximate surface area is 143 Å². The molecule has 0 aliphatic heterocycles. The maximum absolute atomic E-state index is 4.53. The highest BCUT2D eigenvalue weighted by molar-refractivity contribution is 7.19. The van der Waals surface area contributed by atoms with Gasteiger partial charge in [-0.2, -0.15) is 0 Å². The number of nitrogens with zero attached hydrogens (tertiary/aromatic N) is 3. The highest BCUT2D eigenvalue weighted by atomic mass is 32.1. The van der Waals surface area contributed by atoms with Crippen molar-refractivity contribution < 1.29 is 0 Å². The zero-order chi connectivity index (χ0) is 15.9. The highest BCUT2D eigenvalue weighted by Gasteiger charge is 2.19. The number of hydrogen-bond donors (Lipinski definition) is 1. The molecule has 0 unspecified atom stereocenters. The molecule has 4 aromatic rings. The Balaban J connectivity index is 1.62. The van der Waals surface area contributed by atoms with E-state index >= 15 is 0 Å². The van der Waals surface area contributed by atoms with Gasteiger partial charge >= 0.3 is 0 Å². The monoisotopic (exact) mass is 332 g/mol. The first-order valence-electron chi connectivity index (χ1n) is 8.25. The number of benzene rings is 1. The minimum Gasteiger partial charge on any atom is -0.338 e. The smallest absolute Gasteiger partial charge is 0.142 e. The molecule has 3 aromatic heterocycles. The van der Waals surface area contributed by atoms with E-state index in [1.807, 2.05) is 35.7 Å². The normalized spacial score (nSPS) is 14.0. The summed E-state index contributed by atoms with van der Waals surface area (Å²) in [5.41, 5.74) is 3.41. The number of rotatable bonds is 2. The van der Waals surface area contributed by atoms with Crippen LogP contribution in [0.3, 0.4) is 0 Å². The molecule has 5 heteroatoms. The zero-order valence-electron chi connectivity index (χ0n) is 13.1. The summed E-state index contributed by atoms with van der Waals surface area (Å²) in [6.07, 6.45) is 8.37. The molecule has 24 heavy (non-hydrogen) atoms. The molecule has 0 amide bonds. The number of aromatic nitrogens is 3. The van der Waals surface area contributed by atoms with E-state index in [1.165, 1.54) is 35.1 Å². The Morgan fingerprint density at radius 2 is 1.92 bits per heavy atom. The minimum atomic E-state index is 0.900. The van der Waals surface area contributed by atoms with Crippen molar-refractivity contribution in [3.05, 3.63) is 53.3 Å². The van der Waals surface area contributed by atoms with Gasteiger partial charge in [0.2, 0.25) is 0 Å². The summed E-state index contributed by atoms with van der Waals surface area (Å²) in [5, 5.41) is 5.79. The number of anilines is 2. The van der Waals surface area contributed by atoms with Crippen LogP contribution in [0.15, 0.2) is 42.9 Å². The standard InChI is InChI=1S/C19H16N4S/c1-3-7-15-12(5-1)9-13(10-20-15)23-18-17-14-6-2-4-8-16(14)24-19(17)22-11-21-18/h1,3,5,7,9-11H,2,4,6,8H2,(H,21,22,23). The molecule has 0 bridgehead atoms. The Bertz CT molecular complexity index is 1050. The predicted molar refractivity (Wildman–Crippen MR) is 99.1 cm³/mol. The summed E-state index contributed by atoms with van der Waals surface area (Å²) >= 11 is 1.82. The maximum atomic E-state index is 4.53. The average Bonchev–Trinajstić information content (AvgIpc) is 3.01. The third-order valence-electron chi connectivity index (χ3n) is 4.60. The van der Waals surface area contributed by atoms with E-state index in [-0.39, 0.29) is 0 Å². The lowest BCUT2D eigenvalue weighted by molar-refractivity contribution is 0.700. The van der Waals surface area contributed by atoms with Gasteiger partial charge in [-0.05, 0) is 43.4 Å². The first-order valence-corrected chi connectivity index (χ1v) is 9.07. The molecule has 0 radical (unpaired) electrons. The fraction of sp³-hybridized carbons (Fsp3) is 0.211. The van der Waals surface area contributed by atoms with Gasteiger partial charge in [-0.25, -0.2) is 9.97 Å². The van der Waals surface area contributed by atoms with Crippen molar-refractivity contribution in [3.63, 3.8) is 0 Å². The van der Waals surface area contributed by atoms with Crippen LogP contribution in [0.25, 0.3) is 21.1 Å². The molecule has 0 fully saturated rings. The summed E-state index contributed by atoms with van der Waals surface area (Å²) in [6, 6.07) is 10.3. The van der Waals surface area contributed by atoms with Crippen LogP contribution in [0.5, 0.6) is 0 Å². The average molecular weight is 332 g/mol. The zero-order valence-corrected chi connectivity index (χ0v) is 13.9. The van der Waals surface area contributed by atoms with E-state index < -0.39 is 0 Å². The van der Waals surface area contributed by atoms with Crippen LogP contribution >= 0.6 is 11.3 Å². The molecule has 4 nitrogen and oxygen atoms in total. The van der Waals surface area contributed by atoms with Crippen LogP contribution in [-0.4, -0.2) is 15.0 Å². The van der Waals surface area contributed by atoms with Crippen LogP contribution in [0.2, 0.25) is 0 Å². The summed E-state index contributed by atoms with van der Waals surface area (Å²) < 4.78 is 0. The molecule has 5 rings (SSSR count). The molecule has 3 heterocycles. The Morgan fingerprint density at radius 1 is 1.00 bits per heavy atom. The van der Waals surface area contributed by atoms with E-state index in [2.05, 4.69) is 32.4 Å². The van der Waals surface area contributed by atoms with E-state index in [0.29, 0.717) is 0 Å². The Kier molecular flexibility index (Phi) is 3.19. The van der Waals surface area contributed by atoms with Gasteiger partial charge in [0.25, 0.3) is 0 Å². The van der Waals surface area contributed by atoms with E-state index in [9.17, 15) is 0 Å². The van der Waals surface area contributed by atoms with Crippen molar-refractivity contribution in [2.45, 2.75) is 25.7 Å². The van der Waals surface area contributed by atoms with Crippen molar-refractivity contribution >= 4 is 44.0 Å². The number of nitrogens with one attached hydrogen (secondary N) is 1. The lowest BCUT2D eigenvalue weighted by Gasteiger charge is -2.12. The fourth-order valence-corrected chi connectivity index (χ4v) is 4.69. The largest absolute Gasteiger partial charge is 0.338 e. The molecular formula is C19H16N4S. The van der Waals surface area contributed by atoms with Crippen molar-refractivity contribution in [2.24, 2.45) is 0 Å². The van der Waals surface area contributed by atoms with Crippen LogP contribution < -0.4 is 5.32 Å². The van der Waals surface area contributed by atoms with E-state index in [0.717, 1.165) is 33.7 Å². The van der Waals surface area contributed by atoms with Crippen LogP contribution in [0.1, 0.15) is 23.3 Å². The van der Waals surface area contributed by atoms with Gasteiger partial charge in [0.15, 0.2) is 0 Å². The third kappa shape index (κ3) is 2.24. The summed E-state index contributed by atoms with van der Waals surface area (Å²) in [4.78, 5) is 16.1. The molecule has 0 saturated carbocycles. The van der Waals surface area contributed by atoms with Gasteiger partial charge in [0, 0.05) is 10.3 Å². The number of pyridine rings is 1. The quantitative estimate of drug-likeness (QED) is 0.569. The summed E-state index contributed by atoms with van der Waals surface area (Å²) in [7, 11) is 0. The third-order valence-corrected chi connectivity index (χ3v) is 5.80. The van der Waals surface area contributed by atoms with Gasteiger partial charge in [0.1, 0.15) is 17.0 Å². The van der Waals surface area contributed by atoms with Gasteiger partial charge in [-0.1, -0.05) is 18.2 Å². The summed E-state index contributed by atoms with van der Waals surface area (Å²) in [5.74, 6) is 0.900. The van der Waals surface area contributed by atoms with Crippen molar-refractivity contribution in [1.29, 1.82) is 0 Å². The minimum absolute atomic E-state index is 0.900. The second-order valence-corrected chi connectivity index (χ2v) is 7.24. The van der Waals surface area contributed by atoms with Crippen LogP contribution in [0, 0.1) is 0 Å². The molecule has 1 aliphatic rings. The molecule has 0 atom stereocenters. The van der Waals surface area contributed by atoms with Gasteiger partial charge in [-0.15, -0.1) is 11.3 Å². The molecule has 1 aliphatic carbocycles. The molecule has 0 saturated heterocycles. The second kappa shape index (κ2) is 5.53. The summed E-state index contributed by atoms with van der Waals surface area (Å²) in [6.45, 7) is 0. The number of aryl methyl sites for hydroxylation is 2. The SMILES string of the molecule is c1ccc2ncc(Nc3ncnc4sc5c(c34)CCCC5)cc2c1. The second-order valence-electron chi connectivity index (χ2n) is 6.16. The van der Waals surface area contributed by atoms with E-state index in [1.54, 1.807) is 6.33 Å². The lowest BCUT2D eigenvalue weighted by atomic mass is 9.97. The Morgan fingerprint density at radius 3 is 2.92 bits per heavy atom. The molecule has 1 N–H and O–H groups in total. The van der Waals surface area contributed by atoms with Crippen molar-refractivity contribution in [3.8, 4) is 0 Å². The fourth-order valence-electron chi connectivity index (χ4n) is 3.46. The van der Waals surface area contributed by atoms with E-state index in [4.69, 9.17) is 0 Å². The maximum Gasteiger partial charge on any atom is 0.142 e. The number of para-hydroxylation sites is 1. The molecule has 118 valence electrons. The topological polar surface area (TPSA) is 50.7 Å². The van der Waals surface area contributed by atoms with Crippen molar-refractivity contribution in [1.82, 2.24) is 15.0 Å². The first kappa shape index (κ1) is 13.9. The van der Waals surface area contributed by atoms with Gasteiger partial charge < -0.3 is 5.32 Å².